The van der Waals surface area contributed by atoms with Crippen LogP contribution >= 0.6 is 0 Å². The molecule has 1 aliphatic rings. The molecule has 16 heavy (non-hydrogen) atoms. The third kappa shape index (κ3) is 2.40. The van der Waals surface area contributed by atoms with Crippen LogP contribution in [0.5, 0.6) is 0 Å². The number of hydrogen-bond donors (Lipinski definition) is 1. The maximum Gasteiger partial charge on any atom is 0.311 e. The average Bonchev–Trinajstić information content (AvgIpc) is 2.31. The van der Waals surface area contributed by atoms with Crippen molar-refractivity contribution in [3.8, 4) is 0 Å². The summed E-state index contributed by atoms with van der Waals surface area (Å²) in [4.78, 5) is 15.4. The molecule has 0 spiro atoms. The van der Waals surface area contributed by atoms with Gasteiger partial charge in [0.25, 0.3) is 0 Å². The molecule has 0 saturated heterocycles. The Kier molecular flexibility index (Phi) is 3.54. The predicted octanol–water partition coefficient (Wildman–Crippen LogP) is 2.83. The van der Waals surface area contributed by atoms with Crippen molar-refractivity contribution in [3.63, 3.8) is 0 Å². The van der Waals surface area contributed by atoms with Crippen molar-refractivity contribution in [2.75, 3.05) is 0 Å². The maximum atomic E-state index is 11.4. The van der Waals surface area contributed by atoms with Crippen LogP contribution in [0.2, 0.25) is 0 Å². The van der Waals surface area contributed by atoms with E-state index in [0.717, 1.165) is 31.2 Å². The molecule has 0 amide bonds. The lowest BCUT2D eigenvalue weighted by molar-refractivity contribution is -0.140. The molecule has 1 atom stereocenters. The van der Waals surface area contributed by atoms with Gasteiger partial charge in [-0.15, -0.1) is 0 Å². The van der Waals surface area contributed by atoms with Gasteiger partial charge in [0, 0.05) is 12.4 Å². The van der Waals surface area contributed by atoms with Gasteiger partial charge in [-0.25, -0.2) is 0 Å². The van der Waals surface area contributed by atoms with Crippen LogP contribution in [0.15, 0.2) is 24.5 Å². The van der Waals surface area contributed by atoms with E-state index in [0.29, 0.717) is 0 Å². The van der Waals surface area contributed by atoms with E-state index in [9.17, 15) is 9.90 Å². The number of carboxylic acid groups (broad SMARTS) is 1. The number of carboxylic acids is 1. The summed E-state index contributed by atoms with van der Waals surface area (Å²) in [7, 11) is 0. The molecule has 1 aromatic rings. The second kappa shape index (κ2) is 5.10. The van der Waals surface area contributed by atoms with Crippen LogP contribution in [0.4, 0.5) is 0 Å². The van der Waals surface area contributed by atoms with Crippen molar-refractivity contribution in [1.82, 2.24) is 4.98 Å². The second-order valence-electron chi connectivity index (χ2n) is 4.50. The van der Waals surface area contributed by atoms with Gasteiger partial charge < -0.3 is 5.11 Å². The molecule has 1 fully saturated rings. The van der Waals surface area contributed by atoms with Crippen molar-refractivity contribution in [1.29, 1.82) is 0 Å². The maximum absolute atomic E-state index is 11.4. The van der Waals surface area contributed by atoms with Crippen LogP contribution in [0.25, 0.3) is 0 Å². The summed E-state index contributed by atoms with van der Waals surface area (Å²) in [5.41, 5.74) is 0.849. The highest BCUT2D eigenvalue weighted by Crippen LogP contribution is 2.35. The first-order valence-corrected chi connectivity index (χ1v) is 5.92. The van der Waals surface area contributed by atoms with Crippen molar-refractivity contribution < 1.29 is 9.90 Å². The van der Waals surface area contributed by atoms with Crippen molar-refractivity contribution in [2.24, 2.45) is 5.92 Å². The lowest BCUT2D eigenvalue weighted by Crippen LogP contribution is -2.23. The fraction of sp³-hybridized carbons (Fsp3) is 0.538. The Morgan fingerprint density at radius 2 is 2.12 bits per heavy atom. The third-order valence-corrected chi connectivity index (χ3v) is 3.43. The average molecular weight is 219 g/mol. The molecule has 86 valence electrons. The molecule has 3 heteroatoms. The van der Waals surface area contributed by atoms with Crippen molar-refractivity contribution in [2.45, 2.75) is 38.0 Å². The van der Waals surface area contributed by atoms with E-state index in [1.165, 1.54) is 6.42 Å². The van der Waals surface area contributed by atoms with Crippen LogP contribution in [-0.4, -0.2) is 16.1 Å². The summed E-state index contributed by atoms with van der Waals surface area (Å²) < 4.78 is 0. The number of aromatic nitrogens is 1. The van der Waals surface area contributed by atoms with Gasteiger partial charge in [-0.05, 0) is 30.4 Å². The zero-order valence-corrected chi connectivity index (χ0v) is 9.30. The largest absolute Gasteiger partial charge is 0.481 e. The summed E-state index contributed by atoms with van der Waals surface area (Å²) in [5.74, 6) is -0.788. The minimum Gasteiger partial charge on any atom is -0.481 e. The third-order valence-electron chi connectivity index (χ3n) is 3.43. The highest BCUT2D eigenvalue weighted by atomic mass is 16.4. The minimum absolute atomic E-state index is 0.287. The Morgan fingerprint density at radius 3 is 2.69 bits per heavy atom. The van der Waals surface area contributed by atoms with Gasteiger partial charge in [0.05, 0.1) is 5.92 Å². The van der Waals surface area contributed by atoms with Gasteiger partial charge in [-0.2, -0.15) is 0 Å². The molecule has 0 aliphatic heterocycles. The Labute approximate surface area is 95.5 Å². The molecule has 1 aromatic heterocycles. The van der Waals surface area contributed by atoms with Crippen LogP contribution in [0, 0.1) is 5.92 Å². The van der Waals surface area contributed by atoms with E-state index in [1.54, 1.807) is 12.4 Å². The number of nitrogens with zero attached hydrogens (tertiary/aromatic N) is 1. The molecule has 0 aromatic carbocycles. The van der Waals surface area contributed by atoms with Crippen LogP contribution in [-0.2, 0) is 4.79 Å². The molecule has 0 bridgehead atoms. The highest BCUT2D eigenvalue weighted by Gasteiger charge is 2.30. The molecule has 1 unspecified atom stereocenters. The quantitative estimate of drug-likeness (QED) is 0.850. The fourth-order valence-electron chi connectivity index (χ4n) is 2.64. The standard InChI is InChI=1S/C13H17NO2/c15-13(16)12(10-5-2-1-3-6-10)11-7-4-8-14-9-11/h4,7-10,12H,1-3,5-6H2,(H,15,16). The number of hydrogen-bond acceptors (Lipinski definition) is 2. The van der Waals surface area contributed by atoms with E-state index >= 15 is 0 Å². The number of pyridine rings is 1. The SMILES string of the molecule is O=C(O)C(c1cccnc1)C1CCCCC1. The van der Waals surface area contributed by atoms with Gasteiger partial charge in [-0.1, -0.05) is 25.3 Å². The van der Waals surface area contributed by atoms with Gasteiger partial charge in [0.1, 0.15) is 0 Å². The van der Waals surface area contributed by atoms with Crippen molar-refractivity contribution in [3.05, 3.63) is 30.1 Å². The van der Waals surface area contributed by atoms with Gasteiger partial charge in [-0.3, -0.25) is 9.78 Å². The molecule has 1 aliphatic carbocycles. The first-order chi connectivity index (χ1) is 7.79. The number of carbonyl (C=O) groups is 1. The molecule has 0 radical (unpaired) electrons. The topological polar surface area (TPSA) is 50.2 Å². The summed E-state index contributed by atoms with van der Waals surface area (Å²) in [5, 5.41) is 9.35. The normalized spacial score (nSPS) is 19.2. The van der Waals surface area contributed by atoms with E-state index in [-0.39, 0.29) is 11.8 Å². The Balaban J connectivity index is 2.20. The summed E-state index contributed by atoms with van der Waals surface area (Å²) in [6.07, 6.45) is 9.01. The Hall–Kier alpha value is -1.38. The van der Waals surface area contributed by atoms with Crippen molar-refractivity contribution >= 4 is 5.97 Å². The lowest BCUT2D eigenvalue weighted by Gasteiger charge is -2.27. The zero-order valence-electron chi connectivity index (χ0n) is 9.30. The van der Waals surface area contributed by atoms with E-state index < -0.39 is 5.97 Å². The first-order valence-electron chi connectivity index (χ1n) is 5.92. The van der Waals surface area contributed by atoms with E-state index in [4.69, 9.17) is 0 Å². The summed E-state index contributed by atoms with van der Waals surface area (Å²) >= 11 is 0. The predicted molar refractivity (Wildman–Crippen MR) is 61.2 cm³/mol. The molecular weight excluding hydrogens is 202 g/mol. The highest BCUT2D eigenvalue weighted by molar-refractivity contribution is 5.76. The van der Waals surface area contributed by atoms with E-state index in [1.807, 2.05) is 12.1 Å². The molecule has 2 rings (SSSR count). The monoisotopic (exact) mass is 219 g/mol. The Bertz CT molecular complexity index is 344. The fourth-order valence-corrected chi connectivity index (χ4v) is 2.64. The molecule has 1 heterocycles. The summed E-state index contributed by atoms with van der Waals surface area (Å²) in [6.45, 7) is 0. The van der Waals surface area contributed by atoms with Gasteiger partial charge >= 0.3 is 5.97 Å². The van der Waals surface area contributed by atoms with E-state index in [2.05, 4.69) is 4.98 Å². The van der Waals surface area contributed by atoms with Crippen LogP contribution in [0.3, 0.4) is 0 Å². The van der Waals surface area contributed by atoms with Gasteiger partial charge in [0.15, 0.2) is 0 Å². The van der Waals surface area contributed by atoms with Crippen LogP contribution in [0.1, 0.15) is 43.6 Å². The second-order valence-corrected chi connectivity index (χ2v) is 4.50. The lowest BCUT2D eigenvalue weighted by atomic mass is 9.77. The molecule has 1 saturated carbocycles. The smallest absolute Gasteiger partial charge is 0.311 e. The van der Waals surface area contributed by atoms with Crippen LogP contribution < -0.4 is 0 Å². The molecule has 1 N–H and O–H groups in total. The Morgan fingerprint density at radius 1 is 1.38 bits per heavy atom. The minimum atomic E-state index is -0.708. The first kappa shape index (κ1) is 11.1. The zero-order chi connectivity index (χ0) is 11.4. The van der Waals surface area contributed by atoms with Gasteiger partial charge in [0.2, 0.25) is 0 Å². The molecule has 3 nitrogen and oxygen atoms in total. The number of aliphatic carboxylic acids is 1. The molecular formula is C13H17NO2. The summed E-state index contributed by atoms with van der Waals surface area (Å²) in [6, 6.07) is 3.69. The number of rotatable bonds is 3.